The van der Waals surface area contributed by atoms with Gasteiger partial charge in [-0.1, -0.05) is 74.7 Å². The molecule has 0 fully saturated rings. The number of rotatable bonds is 6. The normalized spacial score (nSPS) is 13.3. The number of benzene rings is 2. The molecule has 0 bridgehead atoms. The number of halogens is 1. The van der Waals surface area contributed by atoms with E-state index in [4.69, 9.17) is 4.53 Å². The van der Waals surface area contributed by atoms with Crippen molar-refractivity contribution >= 4 is 35.5 Å². The van der Waals surface area contributed by atoms with Gasteiger partial charge in [-0.25, -0.2) is 4.39 Å². The van der Waals surface area contributed by atoms with Crippen molar-refractivity contribution in [3.05, 3.63) is 57.6 Å². The predicted octanol–water partition coefficient (Wildman–Crippen LogP) is 5.97. The van der Waals surface area contributed by atoms with E-state index in [9.17, 15) is 0 Å². The van der Waals surface area contributed by atoms with Crippen LogP contribution in [-0.2, 0) is 4.53 Å². The van der Waals surface area contributed by atoms with Crippen LogP contribution >= 0.6 is 0 Å². The standard InChI is InChI=1S/C24H40FNOSi3/c1-17-13-19(3)23(20(4)14-17)30(25,24-21(5)15-18(2)16-22(24)6)27-26(28(7,8)9)29(10,11)12/h13-16H,1-12H3. The Kier molecular flexibility index (Phi) is 7.11. The number of hydrogen-bond acceptors (Lipinski definition) is 2. The maximum atomic E-state index is 17.8. The summed E-state index contributed by atoms with van der Waals surface area (Å²) in [6, 6.07) is 8.39. The predicted molar refractivity (Wildman–Crippen MR) is 137 cm³/mol. The molecule has 2 rings (SSSR count). The van der Waals surface area contributed by atoms with Crippen molar-refractivity contribution in [2.75, 3.05) is 0 Å². The van der Waals surface area contributed by atoms with Crippen LogP contribution in [0.3, 0.4) is 0 Å². The molecule has 0 saturated heterocycles. The van der Waals surface area contributed by atoms with Crippen LogP contribution in [-0.4, -0.2) is 29.5 Å². The van der Waals surface area contributed by atoms with Crippen molar-refractivity contribution < 1.29 is 8.63 Å². The van der Waals surface area contributed by atoms with Gasteiger partial charge >= 0.3 is 8.65 Å². The number of hydrogen-bond donors (Lipinski definition) is 0. The van der Waals surface area contributed by atoms with Crippen LogP contribution in [0, 0.1) is 41.5 Å². The summed E-state index contributed by atoms with van der Waals surface area (Å²) in [4.78, 5) is 0. The van der Waals surface area contributed by atoms with E-state index < -0.39 is 25.1 Å². The van der Waals surface area contributed by atoms with Gasteiger partial charge in [-0.2, -0.15) is 0 Å². The third kappa shape index (κ3) is 5.05. The zero-order valence-electron chi connectivity index (χ0n) is 21.0. The molecule has 0 radical (unpaired) electrons. The lowest BCUT2D eigenvalue weighted by Crippen LogP contribution is -2.70. The first kappa shape index (κ1) is 25.2. The van der Waals surface area contributed by atoms with E-state index in [1.165, 1.54) is 0 Å². The van der Waals surface area contributed by atoms with Gasteiger partial charge < -0.3 is 4.53 Å². The maximum Gasteiger partial charge on any atom is 0.464 e. The van der Waals surface area contributed by atoms with E-state index in [0.717, 1.165) is 43.8 Å². The largest absolute Gasteiger partial charge is 0.464 e. The molecule has 0 aliphatic heterocycles. The van der Waals surface area contributed by atoms with Crippen LogP contribution in [0.25, 0.3) is 0 Å². The first-order valence-electron chi connectivity index (χ1n) is 10.8. The Morgan fingerprint density at radius 1 is 0.600 bits per heavy atom. The molecule has 0 aromatic heterocycles. The molecule has 0 aliphatic rings. The summed E-state index contributed by atoms with van der Waals surface area (Å²) >= 11 is 0. The zero-order chi connectivity index (χ0) is 23.2. The molecule has 0 saturated carbocycles. The van der Waals surface area contributed by atoms with Crippen LogP contribution in [0.2, 0.25) is 39.3 Å². The van der Waals surface area contributed by atoms with Crippen LogP contribution < -0.4 is 10.4 Å². The summed E-state index contributed by atoms with van der Waals surface area (Å²) in [5.41, 5.74) is 6.29. The molecule has 0 spiro atoms. The number of nitrogens with zero attached hydrogens (tertiary/aromatic N) is 1. The van der Waals surface area contributed by atoms with Gasteiger partial charge in [0.25, 0.3) is 0 Å². The van der Waals surface area contributed by atoms with Crippen molar-refractivity contribution in [3.63, 3.8) is 0 Å². The van der Waals surface area contributed by atoms with Gasteiger partial charge in [0.2, 0.25) is 0 Å². The molecule has 0 amide bonds. The highest BCUT2D eigenvalue weighted by atomic mass is 28.4. The van der Waals surface area contributed by atoms with Gasteiger partial charge in [0.15, 0.2) is 0 Å². The van der Waals surface area contributed by atoms with Crippen molar-refractivity contribution in [2.24, 2.45) is 0 Å². The highest BCUT2D eigenvalue weighted by Crippen LogP contribution is 2.27. The molecule has 166 valence electrons. The Labute approximate surface area is 186 Å². The van der Waals surface area contributed by atoms with Crippen LogP contribution in [0.4, 0.5) is 4.11 Å². The fraction of sp³-hybridized carbons (Fsp3) is 0.500. The van der Waals surface area contributed by atoms with E-state index in [1.807, 2.05) is 27.7 Å². The van der Waals surface area contributed by atoms with Crippen LogP contribution in [0.1, 0.15) is 33.4 Å². The fourth-order valence-electron chi connectivity index (χ4n) is 5.00. The second kappa shape index (κ2) is 8.47. The molecule has 0 aliphatic carbocycles. The Morgan fingerprint density at radius 2 is 0.867 bits per heavy atom. The molecule has 0 heterocycles. The van der Waals surface area contributed by atoms with Gasteiger partial charge in [-0.3, -0.25) is 4.11 Å². The van der Waals surface area contributed by atoms with Crippen molar-refractivity contribution in [1.82, 2.24) is 4.39 Å². The van der Waals surface area contributed by atoms with E-state index in [0.29, 0.717) is 0 Å². The maximum absolute atomic E-state index is 17.8. The molecule has 2 aromatic rings. The summed E-state index contributed by atoms with van der Waals surface area (Å²) in [5, 5.41) is 1.56. The Bertz CT molecular complexity index is 827. The van der Waals surface area contributed by atoms with E-state index >= 15 is 4.11 Å². The average Bonchev–Trinajstić information content (AvgIpc) is 2.48. The molecule has 0 atom stereocenters. The molecular weight excluding hydrogens is 422 g/mol. The van der Waals surface area contributed by atoms with Crippen molar-refractivity contribution in [2.45, 2.75) is 80.8 Å². The van der Waals surface area contributed by atoms with Gasteiger partial charge in [-0.15, -0.1) is 0 Å². The first-order chi connectivity index (χ1) is 13.5. The van der Waals surface area contributed by atoms with Crippen LogP contribution in [0.15, 0.2) is 24.3 Å². The quantitative estimate of drug-likeness (QED) is 0.299. The highest BCUT2D eigenvalue weighted by Gasteiger charge is 2.52. The summed E-state index contributed by atoms with van der Waals surface area (Å²) in [5.74, 6) is 0. The third-order valence-corrected chi connectivity index (χ3v) is 15.7. The van der Waals surface area contributed by atoms with Gasteiger partial charge in [0.1, 0.15) is 16.5 Å². The highest BCUT2D eigenvalue weighted by molar-refractivity contribution is 6.95. The second-order valence-electron chi connectivity index (χ2n) is 10.9. The summed E-state index contributed by atoms with van der Waals surface area (Å²) in [6.45, 7) is 25.8. The average molecular weight is 462 g/mol. The van der Waals surface area contributed by atoms with E-state index in [2.05, 4.69) is 81.8 Å². The minimum Gasteiger partial charge on any atom is -0.311 e. The molecule has 0 N–H and O–H groups in total. The second-order valence-corrected chi connectivity index (χ2v) is 23.2. The van der Waals surface area contributed by atoms with Gasteiger partial charge in [0.05, 0.1) is 0 Å². The first-order valence-corrected chi connectivity index (χ1v) is 19.5. The Hall–Kier alpha value is -1.06. The van der Waals surface area contributed by atoms with Gasteiger partial charge in [-0.05, 0) is 63.8 Å². The zero-order valence-corrected chi connectivity index (χ0v) is 24.0. The molecular formula is C24H40FNOSi3. The van der Waals surface area contributed by atoms with E-state index in [-0.39, 0.29) is 0 Å². The van der Waals surface area contributed by atoms with Crippen molar-refractivity contribution in [1.29, 1.82) is 0 Å². The molecule has 30 heavy (non-hydrogen) atoms. The van der Waals surface area contributed by atoms with Gasteiger partial charge in [0, 0.05) is 10.4 Å². The summed E-state index contributed by atoms with van der Waals surface area (Å²) < 4.78 is 26.7. The SMILES string of the molecule is Cc1cc(C)c([Si](F)(ON([Si](C)(C)C)[Si](C)(C)C)c2c(C)cc(C)cc2C)c(C)c1. The number of aryl methyl sites for hydroxylation is 6. The molecule has 2 nitrogen and oxygen atoms in total. The van der Waals surface area contributed by atoms with Crippen LogP contribution in [0.5, 0.6) is 0 Å². The Morgan fingerprint density at radius 3 is 1.10 bits per heavy atom. The lowest BCUT2D eigenvalue weighted by molar-refractivity contribution is 0.0826. The minimum atomic E-state index is -4.01. The third-order valence-electron chi connectivity index (χ3n) is 5.43. The smallest absolute Gasteiger partial charge is 0.311 e. The molecule has 2 aromatic carbocycles. The Balaban J connectivity index is 2.91. The summed E-state index contributed by atoms with van der Waals surface area (Å²) in [6.07, 6.45) is 0. The fourth-order valence-corrected chi connectivity index (χ4v) is 19.0. The lowest BCUT2D eigenvalue weighted by atomic mass is 10.1. The van der Waals surface area contributed by atoms with E-state index in [1.54, 1.807) is 0 Å². The minimum absolute atomic E-state index is 0.782. The monoisotopic (exact) mass is 461 g/mol. The molecule has 0 unspecified atom stereocenters. The topological polar surface area (TPSA) is 12.5 Å². The van der Waals surface area contributed by atoms with Crippen molar-refractivity contribution in [3.8, 4) is 0 Å². The lowest BCUT2D eigenvalue weighted by Gasteiger charge is -2.46. The molecule has 6 heteroatoms. The summed E-state index contributed by atoms with van der Waals surface area (Å²) in [7, 11) is -7.86.